The highest BCUT2D eigenvalue weighted by Crippen LogP contribution is 2.38. The summed E-state index contributed by atoms with van der Waals surface area (Å²) in [5.74, 6) is -2.08. The first kappa shape index (κ1) is 26.2. The van der Waals surface area contributed by atoms with Gasteiger partial charge < -0.3 is 29.0 Å². The molecule has 1 N–H and O–H groups in total. The van der Waals surface area contributed by atoms with E-state index in [9.17, 15) is 24.5 Å². The van der Waals surface area contributed by atoms with Crippen molar-refractivity contribution >= 4 is 23.7 Å². The molecular weight excluding hydrogens is 428 g/mol. The van der Waals surface area contributed by atoms with Crippen LogP contribution in [0, 0.1) is 10.1 Å². The van der Waals surface area contributed by atoms with Crippen molar-refractivity contribution in [2.45, 2.75) is 32.5 Å². The minimum atomic E-state index is -1.83. The van der Waals surface area contributed by atoms with Crippen molar-refractivity contribution < 1.29 is 43.0 Å². The number of alkyl carbamates (subject to hydrolysis) is 1. The van der Waals surface area contributed by atoms with E-state index < -0.39 is 46.9 Å². The van der Waals surface area contributed by atoms with Gasteiger partial charge in [-0.3, -0.25) is 14.9 Å². The maximum atomic E-state index is 12.5. The van der Waals surface area contributed by atoms with Gasteiger partial charge in [-0.05, 0) is 26.8 Å². The molecule has 12 heteroatoms. The number of amides is 1. The van der Waals surface area contributed by atoms with Gasteiger partial charge in [-0.1, -0.05) is 12.7 Å². The molecule has 176 valence electrons. The Morgan fingerprint density at radius 2 is 1.78 bits per heavy atom. The van der Waals surface area contributed by atoms with Crippen LogP contribution in [0.1, 0.15) is 32.4 Å². The van der Waals surface area contributed by atoms with Gasteiger partial charge in [0.1, 0.15) is 18.8 Å². The van der Waals surface area contributed by atoms with Crippen molar-refractivity contribution in [1.82, 2.24) is 5.32 Å². The Morgan fingerprint density at radius 1 is 1.19 bits per heavy atom. The highest BCUT2D eigenvalue weighted by molar-refractivity contribution is 5.84. The van der Waals surface area contributed by atoms with Gasteiger partial charge in [0.2, 0.25) is 6.10 Å². The number of nitrogens with one attached hydrogen (secondary N) is 1. The second kappa shape index (κ2) is 11.5. The number of hydrogen-bond acceptors (Lipinski definition) is 10. The number of carbonyl (C=O) groups is 3. The molecule has 1 aromatic rings. The van der Waals surface area contributed by atoms with E-state index in [1.165, 1.54) is 20.3 Å². The van der Waals surface area contributed by atoms with Crippen LogP contribution in [0.3, 0.4) is 0 Å². The number of hydrogen-bond donors (Lipinski definition) is 1. The van der Waals surface area contributed by atoms with Crippen LogP contribution in [0.15, 0.2) is 24.8 Å². The number of nitro benzene ring substituents is 1. The molecule has 1 amide bonds. The summed E-state index contributed by atoms with van der Waals surface area (Å²) < 4.78 is 25.2. The maximum absolute atomic E-state index is 12.5. The molecule has 0 spiro atoms. The molecule has 1 rings (SSSR count). The number of rotatable bonds is 10. The van der Waals surface area contributed by atoms with E-state index >= 15 is 0 Å². The van der Waals surface area contributed by atoms with E-state index in [4.69, 9.17) is 23.7 Å². The Labute approximate surface area is 184 Å². The molecule has 32 heavy (non-hydrogen) atoms. The van der Waals surface area contributed by atoms with Crippen molar-refractivity contribution in [2.75, 3.05) is 27.4 Å². The van der Waals surface area contributed by atoms with Gasteiger partial charge in [-0.15, -0.1) is 0 Å². The van der Waals surface area contributed by atoms with E-state index in [1.807, 2.05) is 0 Å². The zero-order valence-corrected chi connectivity index (χ0v) is 18.5. The third kappa shape index (κ3) is 7.78. The average Bonchev–Trinajstić information content (AvgIpc) is 2.72. The predicted octanol–water partition coefficient (Wildman–Crippen LogP) is 2.45. The van der Waals surface area contributed by atoms with Gasteiger partial charge >= 0.3 is 18.0 Å². The fourth-order valence-electron chi connectivity index (χ4n) is 2.34. The predicted molar refractivity (Wildman–Crippen MR) is 110 cm³/mol. The van der Waals surface area contributed by atoms with E-state index in [1.54, 1.807) is 20.8 Å². The van der Waals surface area contributed by atoms with E-state index in [-0.39, 0.29) is 23.7 Å². The van der Waals surface area contributed by atoms with Crippen molar-refractivity contribution in [2.24, 2.45) is 0 Å². The number of benzene rings is 1. The summed E-state index contributed by atoms with van der Waals surface area (Å²) in [6.45, 7) is 7.41. The zero-order chi connectivity index (χ0) is 24.5. The number of nitrogens with zero attached hydrogens (tertiary/aromatic N) is 1. The summed E-state index contributed by atoms with van der Waals surface area (Å²) in [6, 6.07) is 2.15. The summed E-state index contributed by atoms with van der Waals surface area (Å²) in [5, 5.41) is 13.8. The fraction of sp³-hybridized carbons (Fsp3) is 0.450. The summed E-state index contributed by atoms with van der Waals surface area (Å²) in [5.41, 5.74) is -1.69. The zero-order valence-electron chi connectivity index (χ0n) is 18.5. The van der Waals surface area contributed by atoms with Crippen molar-refractivity contribution in [1.29, 1.82) is 0 Å². The maximum Gasteiger partial charge on any atom is 0.408 e. The van der Waals surface area contributed by atoms with Crippen molar-refractivity contribution in [3.05, 3.63) is 40.5 Å². The molecule has 1 atom stereocenters. The lowest BCUT2D eigenvalue weighted by atomic mass is 10.1. The van der Waals surface area contributed by atoms with Gasteiger partial charge in [-0.2, -0.15) is 0 Å². The Kier molecular flexibility index (Phi) is 9.44. The number of carbonyl (C=O) groups excluding carboxylic acids is 3. The SMILES string of the molecule is C=CCOC(=O)C(OC(=O)CNC(=O)OC(C)(C)C)c1cc(OC)c(OC)cc1[N+](=O)[O-]. The monoisotopic (exact) mass is 454 g/mol. The molecular formula is C20H26N2O10. The lowest BCUT2D eigenvalue weighted by Gasteiger charge is -2.20. The Balaban J connectivity index is 3.24. The molecule has 0 aliphatic heterocycles. The Morgan fingerprint density at radius 3 is 2.28 bits per heavy atom. The minimum absolute atomic E-state index is 0.0269. The van der Waals surface area contributed by atoms with Gasteiger partial charge in [0, 0.05) is 0 Å². The molecule has 0 aromatic heterocycles. The summed E-state index contributed by atoms with van der Waals surface area (Å²) >= 11 is 0. The van der Waals surface area contributed by atoms with Crippen LogP contribution in [-0.2, 0) is 23.8 Å². The van der Waals surface area contributed by atoms with Gasteiger partial charge in [0.05, 0.1) is 30.8 Å². The van der Waals surface area contributed by atoms with Crippen LogP contribution in [0.5, 0.6) is 11.5 Å². The van der Waals surface area contributed by atoms with Crippen LogP contribution in [0.25, 0.3) is 0 Å². The van der Waals surface area contributed by atoms with Gasteiger partial charge in [0.15, 0.2) is 11.5 Å². The normalized spacial score (nSPS) is 11.5. The second-order valence-electron chi connectivity index (χ2n) is 7.17. The molecule has 0 heterocycles. The largest absolute Gasteiger partial charge is 0.493 e. The minimum Gasteiger partial charge on any atom is -0.493 e. The lowest BCUT2D eigenvalue weighted by Crippen LogP contribution is -2.37. The van der Waals surface area contributed by atoms with Crippen molar-refractivity contribution in [3.63, 3.8) is 0 Å². The lowest BCUT2D eigenvalue weighted by molar-refractivity contribution is -0.386. The highest BCUT2D eigenvalue weighted by atomic mass is 16.6. The molecule has 0 saturated heterocycles. The molecule has 12 nitrogen and oxygen atoms in total. The molecule has 1 unspecified atom stereocenters. The molecule has 0 aliphatic rings. The molecule has 0 saturated carbocycles. The van der Waals surface area contributed by atoms with Crippen LogP contribution in [-0.4, -0.2) is 55.9 Å². The molecule has 0 fully saturated rings. The Hall–Kier alpha value is -3.83. The van der Waals surface area contributed by atoms with E-state index in [0.717, 1.165) is 12.1 Å². The summed E-state index contributed by atoms with van der Waals surface area (Å²) in [4.78, 5) is 47.4. The first-order chi connectivity index (χ1) is 14.9. The van der Waals surface area contributed by atoms with Gasteiger partial charge in [0.25, 0.3) is 5.69 Å². The first-order valence-corrected chi connectivity index (χ1v) is 9.27. The van der Waals surface area contributed by atoms with Crippen LogP contribution >= 0.6 is 0 Å². The molecule has 0 radical (unpaired) electrons. The van der Waals surface area contributed by atoms with Crippen molar-refractivity contribution in [3.8, 4) is 11.5 Å². The average molecular weight is 454 g/mol. The third-order valence-electron chi connectivity index (χ3n) is 3.59. The molecule has 0 bridgehead atoms. The van der Waals surface area contributed by atoms with E-state index in [2.05, 4.69) is 11.9 Å². The fourth-order valence-corrected chi connectivity index (χ4v) is 2.34. The second-order valence-corrected chi connectivity index (χ2v) is 7.17. The van der Waals surface area contributed by atoms with Crippen LogP contribution in [0.2, 0.25) is 0 Å². The Bertz CT molecular complexity index is 876. The van der Waals surface area contributed by atoms with Crippen LogP contribution < -0.4 is 14.8 Å². The third-order valence-corrected chi connectivity index (χ3v) is 3.59. The standard InChI is InChI=1S/C20H26N2O10/c1-7-8-30-18(24)17(31-16(23)11-21-19(25)32-20(2,3)4)12-9-14(28-5)15(29-6)10-13(12)22(26)27/h7,9-10,17H,1,8,11H2,2-6H3,(H,21,25). The van der Waals surface area contributed by atoms with Gasteiger partial charge in [-0.25, -0.2) is 9.59 Å². The molecule has 1 aromatic carbocycles. The highest BCUT2D eigenvalue weighted by Gasteiger charge is 2.35. The number of methoxy groups -OCH3 is 2. The van der Waals surface area contributed by atoms with Crippen LogP contribution in [0.4, 0.5) is 10.5 Å². The summed E-state index contributed by atoms with van der Waals surface area (Å²) in [6.07, 6.45) is -1.45. The summed E-state index contributed by atoms with van der Waals surface area (Å²) in [7, 11) is 2.56. The number of esters is 2. The first-order valence-electron chi connectivity index (χ1n) is 9.27. The number of ether oxygens (including phenoxy) is 5. The smallest absolute Gasteiger partial charge is 0.408 e. The number of nitro groups is 1. The molecule has 0 aliphatic carbocycles. The quantitative estimate of drug-likeness (QED) is 0.183. The topological polar surface area (TPSA) is 153 Å². The van der Waals surface area contributed by atoms with E-state index in [0.29, 0.717) is 0 Å².